The molecule has 0 unspecified atom stereocenters. The van der Waals surface area contributed by atoms with Gasteiger partial charge in [-0.1, -0.05) is 25.0 Å². The lowest BCUT2D eigenvalue weighted by Crippen LogP contribution is -2.33. The number of nitrogens with zero attached hydrogens (tertiary/aromatic N) is 2. The summed E-state index contributed by atoms with van der Waals surface area (Å²) < 4.78 is 1.73. The highest BCUT2D eigenvalue weighted by Gasteiger charge is 2.20. The molecule has 1 saturated carbocycles. The number of nitrogens with one attached hydrogen (secondary N) is 2. The van der Waals surface area contributed by atoms with Crippen molar-refractivity contribution in [3.63, 3.8) is 0 Å². The predicted octanol–water partition coefficient (Wildman–Crippen LogP) is 3.80. The second kappa shape index (κ2) is 8.08. The Hall–Kier alpha value is -3.41. The number of benzene rings is 2. The zero-order valence-corrected chi connectivity index (χ0v) is 15.5. The van der Waals surface area contributed by atoms with Gasteiger partial charge in [0.1, 0.15) is 0 Å². The smallest absolute Gasteiger partial charge is 0.255 e. The van der Waals surface area contributed by atoms with Gasteiger partial charge in [-0.15, -0.1) is 0 Å². The summed E-state index contributed by atoms with van der Waals surface area (Å²) in [5, 5.41) is 10.1. The molecular formula is C22H22N4O2. The average Bonchev–Trinajstić information content (AvgIpc) is 3.43. The molecule has 1 aliphatic carbocycles. The van der Waals surface area contributed by atoms with Crippen molar-refractivity contribution in [1.82, 2.24) is 15.1 Å². The molecule has 2 amide bonds. The minimum absolute atomic E-state index is 0.142. The van der Waals surface area contributed by atoms with Gasteiger partial charge in [0.2, 0.25) is 0 Å². The standard InChI is InChI=1S/C22H22N4O2/c27-21(16-10-12-18(13-11-16)26-15-5-14-23-26)25-20-9-4-3-8-19(20)22(28)24-17-6-1-2-7-17/h3-5,8-15,17H,1-2,6-7H2,(H,24,28)(H,25,27). The fourth-order valence-electron chi connectivity index (χ4n) is 3.50. The summed E-state index contributed by atoms with van der Waals surface area (Å²) in [6, 6.07) is 16.3. The highest BCUT2D eigenvalue weighted by Crippen LogP contribution is 2.21. The van der Waals surface area contributed by atoms with Gasteiger partial charge < -0.3 is 10.6 Å². The molecular weight excluding hydrogens is 352 g/mol. The third kappa shape index (κ3) is 3.96. The van der Waals surface area contributed by atoms with Gasteiger partial charge in [-0.05, 0) is 55.3 Å². The molecule has 4 rings (SSSR count). The predicted molar refractivity (Wildman–Crippen MR) is 108 cm³/mol. The number of amides is 2. The summed E-state index contributed by atoms with van der Waals surface area (Å²) in [5.41, 5.74) is 2.38. The lowest BCUT2D eigenvalue weighted by atomic mass is 10.1. The molecule has 1 aromatic heterocycles. The van der Waals surface area contributed by atoms with Crippen LogP contribution in [0.1, 0.15) is 46.4 Å². The molecule has 28 heavy (non-hydrogen) atoms. The first-order valence-electron chi connectivity index (χ1n) is 9.52. The van der Waals surface area contributed by atoms with Crippen LogP contribution in [0.3, 0.4) is 0 Å². The van der Waals surface area contributed by atoms with Crippen molar-refractivity contribution in [2.75, 3.05) is 5.32 Å². The minimum atomic E-state index is -0.256. The van der Waals surface area contributed by atoms with E-state index in [0.717, 1.165) is 31.4 Å². The molecule has 0 saturated heterocycles. The zero-order valence-electron chi connectivity index (χ0n) is 15.5. The van der Waals surface area contributed by atoms with Crippen molar-refractivity contribution >= 4 is 17.5 Å². The van der Waals surface area contributed by atoms with Crippen molar-refractivity contribution in [3.8, 4) is 5.69 Å². The van der Waals surface area contributed by atoms with E-state index in [4.69, 9.17) is 0 Å². The molecule has 1 aliphatic rings. The van der Waals surface area contributed by atoms with Crippen LogP contribution in [0.25, 0.3) is 5.69 Å². The van der Waals surface area contributed by atoms with E-state index in [2.05, 4.69) is 15.7 Å². The largest absolute Gasteiger partial charge is 0.349 e. The van der Waals surface area contributed by atoms with E-state index in [9.17, 15) is 9.59 Å². The van der Waals surface area contributed by atoms with Crippen LogP contribution in [0, 0.1) is 0 Å². The molecule has 142 valence electrons. The second-order valence-corrected chi connectivity index (χ2v) is 6.95. The lowest BCUT2D eigenvalue weighted by Gasteiger charge is -2.15. The van der Waals surface area contributed by atoms with E-state index in [1.165, 1.54) is 0 Å². The van der Waals surface area contributed by atoms with Crippen LogP contribution >= 0.6 is 0 Å². The Kier molecular flexibility index (Phi) is 5.19. The fourth-order valence-corrected chi connectivity index (χ4v) is 3.50. The summed E-state index contributed by atoms with van der Waals surface area (Å²) in [6.45, 7) is 0. The topological polar surface area (TPSA) is 76.0 Å². The van der Waals surface area contributed by atoms with Crippen LogP contribution in [-0.4, -0.2) is 27.6 Å². The van der Waals surface area contributed by atoms with Gasteiger partial charge in [-0.3, -0.25) is 9.59 Å². The Labute approximate surface area is 163 Å². The van der Waals surface area contributed by atoms with Crippen molar-refractivity contribution in [2.24, 2.45) is 0 Å². The van der Waals surface area contributed by atoms with E-state index < -0.39 is 0 Å². The second-order valence-electron chi connectivity index (χ2n) is 6.95. The van der Waals surface area contributed by atoms with Crippen molar-refractivity contribution in [3.05, 3.63) is 78.1 Å². The maximum Gasteiger partial charge on any atom is 0.255 e. The van der Waals surface area contributed by atoms with E-state index in [0.29, 0.717) is 16.8 Å². The first-order valence-corrected chi connectivity index (χ1v) is 9.52. The number of carbonyl (C=O) groups is 2. The summed E-state index contributed by atoms with van der Waals surface area (Å²) in [5.74, 6) is -0.398. The monoisotopic (exact) mass is 374 g/mol. The zero-order chi connectivity index (χ0) is 19.3. The molecule has 2 aromatic carbocycles. The summed E-state index contributed by atoms with van der Waals surface area (Å²) >= 11 is 0. The van der Waals surface area contributed by atoms with Gasteiger partial charge in [0, 0.05) is 24.0 Å². The summed E-state index contributed by atoms with van der Waals surface area (Å²) in [7, 11) is 0. The number of hydrogen-bond donors (Lipinski definition) is 2. The van der Waals surface area contributed by atoms with Crippen LogP contribution in [0.4, 0.5) is 5.69 Å². The molecule has 0 radical (unpaired) electrons. The first kappa shape index (κ1) is 18.0. The molecule has 3 aromatic rings. The lowest BCUT2D eigenvalue weighted by molar-refractivity contribution is 0.0939. The molecule has 2 N–H and O–H groups in total. The fraction of sp³-hybridized carbons (Fsp3) is 0.227. The SMILES string of the molecule is O=C(Nc1ccccc1C(=O)NC1CCCC1)c1ccc(-n2cccn2)cc1. The van der Waals surface area contributed by atoms with Gasteiger partial charge >= 0.3 is 0 Å². The van der Waals surface area contributed by atoms with Crippen LogP contribution < -0.4 is 10.6 Å². The van der Waals surface area contributed by atoms with Crippen LogP contribution in [0.15, 0.2) is 67.0 Å². The molecule has 0 bridgehead atoms. The van der Waals surface area contributed by atoms with Gasteiger partial charge in [0.05, 0.1) is 16.9 Å². The quantitative estimate of drug-likeness (QED) is 0.713. The van der Waals surface area contributed by atoms with E-state index >= 15 is 0 Å². The Morgan fingerprint density at radius 1 is 0.929 bits per heavy atom. The Bertz CT molecular complexity index is 958. The van der Waals surface area contributed by atoms with Gasteiger partial charge in [-0.2, -0.15) is 5.10 Å². The number of rotatable bonds is 5. The van der Waals surface area contributed by atoms with Gasteiger partial charge in [0.25, 0.3) is 11.8 Å². The molecule has 1 fully saturated rings. The van der Waals surface area contributed by atoms with Crippen molar-refractivity contribution in [1.29, 1.82) is 0 Å². The Morgan fingerprint density at radius 3 is 2.39 bits per heavy atom. The molecule has 0 spiro atoms. The minimum Gasteiger partial charge on any atom is -0.349 e. The van der Waals surface area contributed by atoms with Crippen molar-refractivity contribution < 1.29 is 9.59 Å². The van der Waals surface area contributed by atoms with Crippen LogP contribution in [0.2, 0.25) is 0 Å². The maximum absolute atomic E-state index is 12.7. The highest BCUT2D eigenvalue weighted by atomic mass is 16.2. The third-order valence-electron chi connectivity index (χ3n) is 5.01. The number of hydrogen-bond acceptors (Lipinski definition) is 3. The summed E-state index contributed by atoms with van der Waals surface area (Å²) in [6.07, 6.45) is 7.88. The number of para-hydroxylation sites is 1. The molecule has 0 aliphatic heterocycles. The summed E-state index contributed by atoms with van der Waals surface area (Å²) in [4.78, 5) is 25.3. The maximum atomic E-state index is 12.7. The number of carbonyl (C=O) groups excluding carboxylic acids is 2. The van der Waals surface area contributed by atoms with E-state index in [1.54, 1.807) is 41.2 Å². The molecule has 1 heterocycles. The van der Waals surface area contributed by atoms with Crippen molar-refractivity contribution in [2.45, 2.75) is 31.7 Å². The molecule has 6 heteroatoms. The Morgan fingerprint density at radius 2 is 1.68 bits per heavy atom. The Balaban J connectivity index is 1.47. The first-order chi connectivity index (χ1) is 13.7. The number of aromatic nitrogens is 2. The van der Waals surface area contributed by atoms with Crippen LogP contribution in [-0.2, 0) is 0 Å². The van der Waals surface area contributed by atoms with E-state index in [-0.39, 0.29) is 17.9 Å². The molecule has 6 nitrogen and oxygen atoms in total. The third-order valence-corrected chi connectivity index (χ3v) is 5.01. The van der Waals surface area contributed by atoms with E-state index in [1.807, 2.05) is 30.5 Å². The van der Waals surface area contributed by atoms with Crippen LogP contribution in [0.5, 0.6) is 0 Å². The van der Waals surface area contributed by atoms with Gasteiger partial charge in [0.15, 0.2) is 0 Å². The number of anilines is 1. The normalized spacial score (nSPS) is 14.0. The molecule has 0 atom stereocenters. The average molecular weight is 374 g/mol. The van der Waals surface area contributed by atoms with Gasteiger partial charge in [-0.25, -0.2) is 4.68 Å². The highest BCUT2D eigenvalue weighted by molar-refractivity contribution is 6.09.